The van der Waals surface area contributed by atoms with Gasteiger partial charge in [-0.05, 0) is 50.3 Å². The van der Waals surface area contributed by atoms with Crippen molar-refractivity contribution >= 4 is 17.4 Å². The van der Waals surface area contributed by atoms with Gasteiger partial charge in [-0.3, -0.25) is 0 Å². The highest BCUT2D eigenvalue weighted by molar-refractivity contribution is 8.00. The lowest BCUT2D eigenvalue weighted by molar-refractivity contribution is -0.0970. The Morgan fingerprint density at radius 3 is 2.85 bits per heavy atom. The summed E-state index contributed by atoms with van der Waals surface area (Å²) in [5, 5.41) is 0.658. The second-order valence-corrected chi connectivity index (χ2v) is 7.71. The molecule has 1 unspecified atom stereocenters. The number of nitrogens with two attached hydrogens (primary N) is 1. The SMILES string of the molecule is Cc1ccc(N)c(SC2CCOC3(CCCCC3)C2)c1. The molecule has 20 heavy (non-hydrogen) atoms. The average Bonchev–Trinajstić information content (AvgIpc) is 2.44. The Kier molecular flexibility index (Phi) is 4.27. The van der Waals surface area contributed by atoms with Crippen molar-refractivity contribution in [1.29, 1.82) is 0 Å². The van der Waals surface area contributed by atoms with E-state index in [-0.39, 0.29) is 5.60 Å². The molecule has 3 heteroatoms. The van der Waals surface area contributed by atoms with Crippen molar-refractivity contribution in [2.75, 3.05) is 12.3 Å². The Labute approximate surface area is 126 Å². The van der Waals surface area contributed by atoms with E-state index in [9.17, 15) is 0 Å². The molecule has 3 rings (SSSR count). The van der Waals surface area contributed by atoms with Crippen molar-refractivity contribution in [2.24, 2.45) is 0 Å². The second-order valence-electron chi connectivity index (χ2n) is 6.37. The van der Waals surface area contributed by atoms with E-state index in [0.717, 1.165) is 18.7 Å². The maximum atomic E-state index is 6.18. The number of anilines is 1. The standard InChI is InChI=1S/C17H25NOS/c1-13-5-6-15(18)16(11-13)20-14-7-10-19-17(12-14)8-3-2-4-9-17/h5-6,11,14H,2-4,7-10,12,18H2,1H3. The van der Waals surface area contributed by atoms with E-state index in [1.165, 1.54) is 49.0 Å². The van der Waals surface area contributed by atoms with Crippen LogP contribution in [0.1, 0.15) is 50.5 Å². The molecule has 1 saturated carbocycles. The van der Waals surface area contributed by atoms with Crippen LogP contribution in [0.3, 0.4) is 0 Å². The zero-order chi connectivity index (χ0) is 14.0. The molecule has 1 aliphatic carbocycles. The van der Waals surface area contributed by atoms with Crippen LogP contribution in [0.2, 0.25) is 0 Å². The quantitative estimate of drug-likeness (QED) is 0.812. The monoisotopic (exact) mass is 291 g/mol. The summed E-state index contributed by atoms with van der Waals surface area (Å²) in [5.74, 6) is 0. The number of thioether (sulfide) groups is 1. The predicted molar refractivity (Wildman–Crippen MR) is 86.2 cm³/mol. The van der Waals surface area contributed by atoms with Crippen LogP contribution in [0.25, 0.3) is 0 Å². The predicted octanol–water partition coefficient (Wildman–Crippen LogP) is 4.55. The van der Waals surface area contributed by atoms with E-state index in [0.29, 0.717) is 5.25 Å². The largest absolute Gasteiger partial charge is 0.398 e. The van der Waals surface area contributed by atoms with Gasteiger partial charge in [0.2, 0.25) is 0 Å². The second kappa shape index (κ2) is 5.98. The van der Waals surface area contributed by atoms with Crippen molar-refractivity contribution in [3.8, 4) is 0 Å². The molecule has 110 valence electrons. The van der Waals surface area contributed by atoms with Crippen LogP contribution in [0.15, 0.2) is 23.1 Å². The van der Waals surface area contributed by atoms with Crippen LogP contribution in [0, 0.1) is 6.92 Å². The molecule has 1 aromatic rings. The minimum absolute atomic E-state index is 0.187. The highest BCUT2D eigenvalue weighted by Gasteiger charge is 2.38. The zero-order valence-corrected chi connectivity index (χ0v) is 13.2. The van der Waals surface area contributed by atoms with E-state index in [1.807, 2.05) is 17.8 Å². The Hall–Kier alpha value is -0.670. The van der Waals surface area contributed by atoms with Gasteiger partial charge in [0.05, 0.1) is 5.60 Å². The minimum Gasteiger partial charge on any atom is -0.398 e. The fourth-order valence-electron chi connectivity index (χ4n) is 3.55. The lowest BCUT2D eigenvalue weighted by Gasteiger charge is -2.43. The Balaban J connectivity index is 1.69. The molecule has 0 aromatic heterocycles. The van der Waals surface area contributed by atoms with Gasteiger partial charge in [0.15, 0.2) is 0 Å². The van der Waals surface area contributed by atoms with Crippen LogP contribution in [-0.2, 0) is 4.74 Å². The molecular formula is C17H25NOS. The van der Waals surface area contributed by atoms with E-state index in [4.69, 9.17) is 10.5 Å². The van der Waals surface area contributed by atoms with Gasteiger partial charge in [-0.25, -0.2) is 0 Å². The van der Waals surface area contributed by atoms with Crippen LogP contribution in [0.4, 0.5) is 5.69 Å². The van der Waals surface area contributed by atoms with Gasteiger partial charge in [-0.1, -0.05) is 25.3 Å². The van der Waals surface area contributed by atoms with Gasteiger partial charge < -0.3 is 10.5 Å². The normalized spacial score (nSPS) is 25.8. The molecular weight excluding hydrogens is 266 g/mol. The smallest absolute Gasteiger partial charge is 0.0693 e. The van der Waals surface area contributed by atoms with Crippen LogP contribution < -0.4 is 5.73 Å². The van der Waals surface area contributed by atoms with Crippen LogP contribution >= 0.6 is 11.8 Å². The summed E-state index contributed by atoms with van der Waals surface area (Å²) in [6.07, 6.45) is 8.92. The summed E-state index contributed by atoms with van der Waals surface area (Å²) >= 11 is 1.97. The average molecular weight is 291 g/mol. The lowest BCUT2D eigenvalue weighted by atomic mass is 9.80. The lowest BCUT2D eigenvalue weighted by Crippen LogP contribution is -2.42. The Morgan fingerprint density at radius 2 is 2.05 bits per heavy atom. The first kappa shape index (κ1) is 14.3. The van der Waals surface area contributed by atoms with Gasteiger partial charge in [-0.2, -0.15) is 0 Å². The summed E-state index contributed by atoms with van der Waals surface area (Å²) in [7, 11) is 0. The first-order valence-corrected chi connectivity index (χ1v) is 8.72. The molecule has 0 amide bonds. The van der Waals surface area contributed by atoms with E-state index in [1.54, 1.807) is 0 Å². The van der Waals surface area contributed by atoms with Crippen molar-refractivity contribution in [1.82, 2.24) is 0 Å². The van der Waals surface area contributed by atoms with E-state index < -0.39 is 0 Å². The van der Waals surface area contributed by atoms with Gasteiger partial charge in [0, 0.05) is 22.4 Å². The van der Waals surface area contributed by atoms with Crippen LogP contribution in [-0.4, -0.2) is 17.5 Å². The molecule has 2 nitrogen and oxygen atoms in total. The molecule has 2 aliphatic rings. The molecule has 1 saturated heterocycles. The number of benzene rings is 1. The number of hydrogen-bond donors (Lipinski definition) is 1. The topological polar surface area (TPSA) is 35.2 Å². The molecule has 1 atom stereocenters. The first-order chi connectivity index (χ1) is 9.67. The molecule has 1 aliphatic heterocycles. The number of rotatable bonds is 2. The maximum Gasteiger partial charge on any atom is 0.0693 e. The summed E-state index contributed by atoms with van der Waals surface area (Å²) in [5.41, 5.74) is 8.53. The van der Waals surface area contributed by atoms with Crippen molar-refractivity contribution < 1.29 is 4.74 Å². The fourth-order valence-corrected chi connectivity index (χ4v) is 4.97. The van der Waals surface area contributed by atoms with Gasteiger partial charge in [0.1, 0.15) is 0 Å². The Bertz CT molecular complexity index is 463. The fraction of sp³-hybridized carbons (Fsp3) is 0.647. The number of aryl methyl sites for hydroxylation is 1. The maximum absolute atomic E-state index is 6.18. The highest BCUT2D eigenvalue weighted by atomic mass is 32.2. The summed E-state index contributed by atoms with van der Waals surface area (Å²) in [4.78, 5) is 1.25. The molecule has 1 aromatic carbocycles. The number of hydrogen-bond acceptors (Lipinski definition) is 3. The summed E-state index contributed by atoms with van der Waals surface area (Å²) in [6, 6.07) is 6.35. The third-order valence-electron chi connectivity index (χ3n) is 4.68. The minimum atomic E-state index is 0.187. The van der Waals surface area contributed by atoms with Gasteiger partial charge >= 0.3 is 0 Å². The molecule has 1 spiro atoms. The Morgan fingerprint density at radius 1 is 1.25 bits per heavy atom. The van der Waals surface area contributed by atoms with Gasteiger partial charge in [0.25, 0.3) is 0 Å². The van der Waals surface area contributed by atoms with Crippen molar-refractivity contribution in [2.45, 2.75) is 67.6 Å². The van der Waals surface area contributed by atoms with E-state index in [2.05, 4.69) is 19.1 Å². The third kappa shape index (κ3) is 3.15. The first-order valence-electron chi connectivity index (χ1n) is 7.84. The van der Waals surface area contributed by atoms with Crippen molar-refractivity contribution in [3.63, 3.8) is 0 Å². The summed E-state index contributed by atoms with van der Waals surface area (Å²) < 4.78 is 6.18. The van der Waals surface area contributed by atoms with Crippen LogP contribution in [0.5, 0.6) is 0 Å². The summed E-state index contributed by atoms with van der Waals surface area (Å²) in [6.45, 7) is 3.06. The molecule has 2 fully saturated rings. The van der Waals surface area contributed by atoms with Crippen molar-refractivity contribution in [3.05, 3.63) is 23.8 Å². The van der Waals surface area contributed by atoms with E-state index >= 15 is 0 Å². The highest BCUT2D eigenvalue weighted by Crippen LogP contribution is 2.44. The molecule has 0 radical (unpaired) electrons. The third-order valence-corrected chi connectivity index (χ3v) is 6.02. The molecule has 2 N–H and O–H groups in total. The molecule has 1 heterocycles. The molecule has 0 bridgehead atoms. The van der Waals surface area contributed by atoms with Gasteiger partial charge in [-0.15, -0.1) is 11.8 Å². The number of ether oxygens (including phenoxy) is 1. The number of nitrogen functional groups attached to an aromatic ring is 1. The zero-order valence-electron chi connectivity index (χ0n) is 12.4.